The number of oxime groups is 1. The molecule has 0 radical (unpaired) electrons. The molecule has 4 aliphatic rings. The summed E-state index contributed by atoms with van der Waals surface area (Å²) in [5.74, 6) is 5.53. The number of rotatable bonds is 5. The van der Waals surface area contributed by atoms with Gasteiger partial charge in [0.1, 0.15) is 5.71 Å². The van der Waals surface area contributed by atoms with Crippen LogP contribution in [0.1, 0.15) is 105 Å². The minimum absolute atomic E-state index is 0.0928. The maximum Gasteiger partial charge on any atom is 0.180 e. The molecule has 4 rings (SSSR count). The van der Waals surface area contributed by atoms with Gasteiger partial charge in [-0.3, -0.25) is 4.79 Å². The van der Waals surface area contributed by atoms with E-state index in [1.807, 2.05) is 0 Å². The Hall–Kier alpha value is -0.860. The highest BCUT2D eigenvalue weighted by atomic mass is 16.4. The molecule has 0 spiro atoms. The lowest BCUT2D eigenvalue weighted by molar-refractivity contribution is -0.127. The van der Waals surface area contributed by atoms with Crippen LogP contribution in [0.4, 0.5) is 0 Å². The SMILES string of the molecule is CC(C)CCC[C@@H](C)C1CCC2C3CC[C@H]4CC(=O)/C(=N\O)CC4(C)C3CCC21C. The monoisotopic (exact) mass is 415 g/mol. The number of ketones is 1. The van der Waals surface area contributed by atoms with Crippen LogP contribution in [0.3, 0.4) is 0 Å². The summed E-state index contributed by atoms with van der Waals surface area (Å²) >= 11 is 0. The summed E-state index contributed by atoms with van der Waals surface area (Å²) in [7, 11) is 0. The molecule has 0 aliphatic heterocycles. The Kier molecular flexibility index (Phi) is 6.14. The molecule has 0 aromatic rings. The van der Waals surface area contributed by atoms with Gasteiger partial charge in [-0.05, 0) is 90.8 Å². The van der Waals surface area contributed by atoms with Crippen molar-refractivity contribution in [1.29, 1.82) is 0 Å². The van der Waals surface area contributed by atoms with E-state index < -0.39 is 0 Å². The van der Waals surface area contributed by atoms with Crippen molar-refractivity contribution < 1.29 is 10.0 Å². The first-order valence-corrected chi connectivity index (χ1v) is 12.9. The van der Waals surface area contributed by atoms with E-state index in [0.717, 1.165) is 29.6 Å². The molecule has 0 aromatic carbocycles. The first kappa shape index (κ1) is 22.3. The summed E-state index contributed by atoms with van der Waals surface area (Å²) in [4.78, 5) is 12.4. The summed E-state index contributed by atoms with van der Waals surface area (Å²) in [6, 6.07) is 0. The molecule has 3 nitrogen and oxygen atoms in total. The minimum atomic E-state index is 0.0928. The molecule has 3 heteroatoms. The van der Waals surface area contributed by atoms with Gasteiger partial charge in [0.25, 0.3) is 0 Å². The Balaban J connectivity index is 1.50. The molecule has 0 saturated heterocycles. The average molecular weight is 416 g/mol. The molecule has 0 aromatic heterocycles. The highest BCUT2D eigenvalue weighted by molar-refractivity contribution is 6.40. The van der Waals surface area contributed by atoms with Crippen LogP contribution in [-0.4, -0.2) is 16.7 Å². The number of hydrogen-bond acceptors (Lipinski definition) is 3. The second kappa shape index (κ2) is 8.24. The quantitative estimate of drug-likeness (QED) is 0.384. The van der Waals surface area contributed by atoms with Crippen LogP contribution in [-0.2, 0) is 4.79 Å². The van der Waals surface area contributed by atoms with Gasteiger partial charge in [0.2, 0.25) is 0 Å². The lowest BCUT2D eigenvalue weighted by Crippen LogP contribution is -2.55. The lowest BCUT2D eigenvalue weighted by Gasteiger charge is -2.60. The highest BCUT2D eigenvalue weighted by Gasteiger charge is 2.61. The molecule has 6 unspecified atom stereocenters. The van der Waals surface area contributed by atoms with E-state index in [4.69, 9.17) is 0 Å². The normalized spacial score (nSPS) is 45.9. The van der Waals surface area contributed by atoms with Crippen LogP contribution >= 0.6 is 0 Å². The van der Waals surface area contributed by atoms with E-state index >= 15 is 0 Å². The molecule has 4 fully saturated rings. The first-order chi connectivity index (χ1) is 14.2. The lowest BCUT2D eigenvalue weighted by atomic mass is 9.44. The maximum atomic E-state index is 12.4. The van der Waals surface area contributed by atoms with Gasteiger partial charge in [0, 0.05) is 12.8 Å². The number of carbonyl (C=O) groups excluding carboxylic acids is 1. The molecular weight excluding hydrogens is 370 g/mol. The Bertz CT molecular complexity index is 684. The third-order valence-electron chi connectivity index (χ3n) is 10.7. The van der Waals surface area contributed by atoms with Crippen LogP contribution in [0, 0.1) is 52.3 Å². The Morgan fingerprint density at radius 1 is 1.00 bits per heavy atom. The minimum Gasteiger partial charge on any atom is -0.411 e. The fourth-order valence-corrected chi connectivity index (χ4v) is 9.06. The standard InChI is InChI=1S/C27H45NO2/c1-17(2)7-6-8-18(3)21-11-12-22-20-10-9-19-15-25(29)24(28-30)16-27(19,5)23(20)13-14-26(21,22)4/h17-23,30H,6-16H2,1-5H3/b28-24-/t18-,19+,20?,21?,22?,23?,26?,27?/m1/s1. The van der Waals surface area contributed by atoms with Gasteiger partial charge >= 0.3 is 0 Å². The van der Waals surface area contributed by atoms with E-state index in [1.165, 1.54) is 57.8 Å². The van der Waals surface area contributed by atoms with E-state index in [0.29, 0.717) is 35.8 Å². The first-order valence-electron chi connectivity index (χ1n) is 12.9. The van der Waals surface area contributed by atoms with Gasteiger partial charge in [-0.15, -0.1) is 0 Å². The Labute approximate surface area is 184 Å². The summed E-state index contributed by atoms with van der Waals surface area (Å²) in [5.41, 5.74) is 1.12. The van der Waals surface area contributed by atoms with Crippen molar-refractivity contribution in [3.05, 3.63) is 0 Å². The zero-order chi connectivity index (χ0) is 21.7. The number of fused-ring (bicyclic) bond motifs is 5. The number of hydrogen-bond donors (Lipinski definition) is 1. The van der Waals surface area contributed by atoms with E-state index in [9.17, 15) is 10.0 Å². The number of nitrogens with zero attached hydrogens (tertiary/aromatic N) is 1. The summed E-state index contributed by atoms with van der Waals surface area (Å²) in [6.07, 6.45) is 13.5. The van der Waals surface area contributed by atoms with Crippen LogP contribution in [0.5, 0.6) is 0 Å². The topological polar surface area (TPSA) is 49.7 Å². The molecule has 0 amide bonds. The summed E-state index contributed by atoms with van der Waals surface area (Å²) in [5, 5.41) is 12.8. The maximum absolute atomic E-state index is 12.4. The van der Waals surface area contributed by atoms with Gasteiger partial charge in [-0.2, -0.15) is 0 Å². The molecule has 4 aliphatic carbocycles. The second-order valence-corrected chi connectivity index (χ2v) is 12.5. The molecule has 30 heavy (non-hydrogen) atoms. The number of Topliss-reactive ketones (excluding diaryl/α,β-unsaturated/α-hetero) is 1. The van der Waals surface area contributed by atoms with Gasteiger partial charge < -0.3 is 5.21 Å². The van der Waals surface area contributed by atoms with Crippen LogP contribution in [0.25, 0.3) is 0 Å². The van der Waals surface area contributed by atoms with Crippen molar-refractivity contribution in [2.24, 2.45) is 57.4 Å². The fourth-order valence-electron chi connectivity index (χ4n) is 9.06. The predicted molar refractivity (Wildman–Crippen MR) is 123 cm³/mol. The van der Waals surface area contributed by atoms with E-state index in [-0.39, 0.29) is 11.2 Å². The predicted octanol–water partition coefficient (Wildman–Crippen LogP) is 7.12. The van der Waals surface area contributed by atoms with Crippen LogP contribution in [0.2, 0.25) is 0 Å². The molecule has 0 heterocycles. The largest absolute Gasteiger partial charge is 0.411 e. The van der Waals surface area contributed by atoms with E-state index in [2.05, 4.69) is 39.8 Å². The van der Waals surface area contributed by atoms with Crippen molar-refractivity contribution in [3.8, 4) is 0 Å². The van der Waals surface area contributed by atoms with Gasteiger partial charge in [0.05, 0.1) is 0 Å². The van der Waals surface area contributed by atoms with Crippen molar-refractivity contribution in [1.82, 2.24) is 0 Å². The van der Waals surface area contributed by atoms with Gasteiger partial charge in [-0.1, -0.05) is 59.0 Å². The Morgan fingerprint density at radius 3 is 2.43 bits per heavy atom. The summed E-state index contributed by atoms with van der Waals surface area (Å²) in [6.45, 7) is 12.3. The molecular formula is C27H45NO2. The fraction of sp³-hybridized carbons (Fsp3) is 0.926. The van der Waals surface area contributed by atoms with Gasteiger partial charge in [-0.25, -0.2) is 0 Å². The third-order valence-corrected chi connectivity index (χ3v) is 10.7. The Morgan fingerprint density at radius 2 is 1.73 bits per heavy atom. The average Bonchev–Trinajstić information content (AvgIpc) is 3.05. The zero-order valence-electron chi connectivity index (χ0n) is 20.1. The van der Waals surface area contributed by atoms with Crippen molar-refractivity contribution in [2.75, 3.05) is 0 Å². The molecule has 0 bridgehead atoms. The van der Waals surface area contributed by atoms with Crippen LogP contribution < -0.4 is 0 Å². The molecule has 1 N–H and O–H groups in total. The van der Waals surface area contributed by atoms with Crippen molar-refractivity contribution in [3.63, 3.8) is 0 Å². The smallest absolute Gasteiger partial charge is 0.180 e. The van der Waals surface area contributed by atoms with Crippen molar-refractivity contribution >= 4 is 11.5 Å². The van der Waals surface area contributed by atoms with E-state index in [1.54, 1.807) is 0 Å². The molecule has 170 valence electrons. The number of carbonyl (C=O) groups is 1. The van der Waals surface area contributed by atoms with Crippen LogP contribution in [0.15, 0.2) is 5.16 Å². The summed E-state index contributed by atoms with van der Waals surface area (Å²) < 4.78 is 0. The molecule has 8 atom stereocenters. The van der Waals surface area contributed by atoms with Crippen molar-refractivity contribution in [2.45, 2.75) is 105 Å². The second-order valence-electron chi connectivity index (χ2n) is 12.5. The third kappa shape index (κ3) is 3.56. The zero-order valence-corrected chi connectivity index (χ0v) is 20.1. The van der Waals surface area contributed by atoms with Gasteiger partial charge in [0.15, 0.2) is 5.78 Å². The highest BCUT2D eigenvalue weighted by Crippen LogP contribution is 2.68. The molecule has 4 saturated carbocycles.